The molecule has 0 spiro atoms. The highest BCUT2D eigenvalue weighted by Crippen LogP contribution is 2.21. The van der Waals surface area contributed by atoms with Crippen molar-refractivity contribution in [3.63, 3.8) is 0 Å². The van der Waals surface area contributed by atoms with Crippen LogP contribution < -0.4 is 4.74 Å². The summed E-state index contributed by atoms with van der Waals surface area (Å²) in [6.45, 7) is 5.67. The molecule has 0 saturated carbocycles. The molecule has 4 nitrogen and oxygen atoms in total. The Kier molecular flexibility index (Phi) is 5.93. The summed E-state index contributed by atoms with van der Waals surface area (Å²) in [5.41, 5.74) is 1.72. The fourth-order valence-corrected chi connectivity index (χ4v) is 1.86. The van der Waals surface area contributed by atoms with Crippen LogP contribution in [0.3, 0.4) is 0 Å². The van der Waals surface area contributed by atoms with Crippen molar-refractivity contribution in [3.8, 4) is 5.75 Å². The van der Waals surface area contributed by atoms with E-state index in [1.807, 2.05) is 43.0 Å². The maximum Gasteiger partial charge on any atom is 0.131 e. The molecule has 0 unspecified atom stereocenters. The predicted octanol–water partition coefficient (Wildman–Crippen LogP) is 3.00. The van der Waals surface area contributed by atoms with Gasteiger partial charge in [0.2, 0.25) is 0 Å². The van der Waals surface area contributed by atoms with Crippen LogP contribution in [0.2, 0.25) is 0 Å². The van der Waals surface area contributed by atoms with E-state index in [0.29, 0.717) is 5.84 Å². The molecule has 0 atom stereocenters. The zero-order valence-electron chi connectivity index (χ0n) is 12.1. The third-order valence-corrected chi connectivity index (χ3v) is 2.97. The molecule has 19 heavy (non-hydrogen) atoms. The monoisotopic (exact) mass is 262 g/mol. The average molecular weight is 262 g/mol. The summed E-state index contributed by atoms with van der Waals surface area (Å²) < 4.78 is 10.3. The molecule has 0 saturated heterocycles. The van der Waals surface area contributed by atoms with Gasteiger partial charge >= 0.3 is 0 Å². The van der Waals surface area contributed by atoms with E-state index in [-0.39, 0.29) is 0 Å². The van der Waals surface area contributed by atoms with Crippen LogP contribution in [-0.2, 0) is 4.74 Å². The first-order chi connectivity index (χ1) is 9.17. The molecule has 1 rings (SSSR count). The lowest BCUT2D eigenvalue weighted by Crippen LogP contribution is -2.30. The molecule has 1 aromatic carbocycles. The van der Waals surface area contributed by atoms with Crippen molar-refractivity contribution in [3.05, 3.63) is 36.1 Å². The van der Waals surface area contributed by atoms with E-state index in [1.165, 1.54) is 0 Å². The van der Waals surface area contributed by atoms with Crippen molar-refractivity contribution in [2.75, 3.05) is 27.3 Å². The molecular weight excluding hydrogens is 240 g/mol. The van der Waals surface area contributed by atoms with Gasteiger partial charge < -0.3 is 14.4 Å². The molecule has 0 radical (unpaired) electrons. The minimum atomic E-state index is 0.469. The molecular formula is C15H22N2O2. The van der Waals surface area contributed by atoms with E-state index in [0.717, 1.165) is 30.0 Å². The number of ether oxygens (including phenoxy) is 2. The third-order valence-electron chi connectivity index (χ3n) is 2.97. The zero-order chi connectivity index (χ0) is 14.3. The molecule has 0 aliphatic carbocycles. The second-order valence-electron chi connectivity index (χ2n) is 4.02. The zero-order valence-corrected chi connectivity index (χ0v) is 12.1. The topological polar surface area (TPSA) is 45.6 Å². The summed E-state index contributed by atoms with van der Waals surface area (Å²) in [7, 11) is 3.23. The normalized spacial score (nSPS) is 11.1. The van der Waals surface area contributed by atoms with E-state index in [2.05, 4.69) is 0 Å². The van der Waals surface area contributed by atoms with Crippen LogP contribution in [0, 0.1) is 5.41 Å². The van der Waals surface area contributed by atoms with E-state index < -0.39 is 0 Å². The molecule has 0 fully saturated rings. The number of methoxy groups -OCH3 is 2. The molecule has 0 aliphatic rings. The number of hydrogen-bond acceptors (Lipinski definition) is 3. The molecule has 0 bridgehead atoms. The quantitative estimate of drug-likeness (QED) is 0.487. The van der Waals surface area contributed by atoms with Gasteiger partial charge in [-0.25, -0.2) is 0 Å². The highest BCUT2D eigenvalue weighted by atomic mass is 16.5. The summed E-state index contributed by atoms with van der Waals surface area (Å²) in [5, 5.41) is 8.29. The fraction of sp³-hybridized carbons (Fsp3) is 0.400. The van der Waals surface area contributed by atoms with Crippen LogP contribution >= 0.6 is 0 Å². The first kappa shape index (κ1) is 15.1. The van der Waals surface area contributed by atoms with Crippen LogP contribution in [0.25, 0.3) is 5.57 Å². The first-order valence-corrected chi connectivity index (χ1v) is 6.39. The summed E-state index contributed by atoms with van der Waals surface area (Å²) in [6, 6.07) is 7.63. The van der Waals surface area contributed by atoms with Crippen molar-refractivity contribution in [1.82, 2.24) is 4.90 Å². The molecule has 1 aromatic rings. The van der Waals surface area contributed by atoms with E-state index in [1.54, 1.807) is 20.5 Å². The average Bonchev–Trinajstić information content (AvgIpc) is 2.46. The summed E-state index contributed by atoms with van der Waals surface area (Å²) in [4.78, 5) is 1.98. The van der Waals surface area contributed by atoms with Crippen molar-refractivity contribution in [1.29, 1.82) is 5.41 Å². The highest BCUT2D eigenvalue weighted by molar-refractivity contribution is 6.20. The number of nitrogens with one attached hydrogen (secondary N) is 1. The minimum Gasteiger partial charge on any atom is -0.504 e. The van der Waals surface area contributed by atoms with E-state index in [9.17, 15) is 0 Å². The number of amidine groups is 1. The number of likely N-dealkylation sites (N-methyl/N-ethyl adjacent to an activating group) is 1. The van der Waals surface area contributed by atoms with Gasteiger partial charge in [-0.3, -0.25) is 5.41 Å². The van der Waals surface area contributed by atoms with Gasteiger partial charge in [0.1, 0.15) is 11.6 Å². The third kappa shape index (κ3) is 3.74. The van der Waals surface area contributed by atoms with Crippen LogP contribution in [0.4, 0.5) is 0 Å². The Morgan fingerprint density at radius 1 is 1.16 bits per heavy atom. The van der Waals surface area contributed by atoms with Crippen molar-refractivity contribution >= 4 is 11.4 Å². The molecule has 0 amide bonds. The summed E-state index contributed by atoms with van der Waals surface area (Å²) in [5.74, 6) is 1.27. The maximum atomic E-state index is 8.29. The number of nitrogens with zero attached hydrogens (tertiary/aromatic N) is 1. The van der Waals surface area contributed by atoms with Crippen molar-refractivity contribution < 1.29 is 9.47 Å². The van der Waals surface area contributed by atoms with Gasteiger partial charge in [0.25, 0.3) is 0 Å². The molecule has 1 N–H and O–H groups in total. The number of rotatable bonds is 6. The molecule has 0 aliphatic heterocycles. The van der Waals surface area contributed by atoms with Crippen LogP contribution in [0.5, 0.6) is 5.75 Å². The molecule has 0 heterocycles. The van der Waals surface area contributed by atoms with Gasteiger partial charge in [0.15, 0.2) is 0 Å². The lowest BCUT2D eigenvalue weighted by molar-refractivity contribution is 0.339. The van der Waals surface area contributed by atoms with Crippen molar-refractivity contribution in [2.24, 2.45) is 0 Å². The number of benzene rings is 1. The first-order valence-electron chi connectivity index (χ1n) is 6.39. The second-order valence-corrected chi connectivity index (χ2v) is 4.02. The number of hydrogen-bond donors (Lipinski definition) is 1. The smallest absolute Gasteiger partial charge is 0.131 e. The molecule has 0 aromatic heterocycles. The van der Waals surface area contributed by atoms with E-state index >= 15 is 0 Å². The van der Waals surface area contributed by atoms with Gasteiger partial charge in [-0.1, -0.05) is 12.1 Å². The summed E-state index contributed by atoms with van der Waals surface area (Å²) >= 11 is 0. The Morgan fingerprint density at radius 2 is 1.74 bits per heavy atom. The molecule has 4 heteroatoms. The Morgan fingerprint density at radius 3 is 2.16 bits per heavy atom. The van der Waals surface area contributed by atoms with Crippen LogP contribution in [0.1, 0.15) is 19.4 Å². The standard InChI is InChI=1S/C15H22N2O2/c1-5-17(6-2)15(16)14(11-18-3)12-7-9-13(19-4)10-8-12/h7-11,16H,5-6H2,1-4H3/b14-11+,16-15?. The van der Waals surface area contributed by atoms with E-state index in [4.69, 9.17) is 14.9 Å². The SMILES string of the molecule is CCN(CC)C(=N)/C(=C/OC)c1ccc(OC)cc1. The van der Waals surface area contributed by atoms with Gasteiger partial charge in [0, 0.05) is 13.1 Å². The lowest BCUT2D eigenvalue weighted by Gasteiger charge is -2.23. The highest BCUT2D eigenvalue weighted by Gasteiger charge is 2.14. The Balaban J connectivity index is 3.06. The van der Waals surface area contributed by atoms with Crippen LogP contribution in [-0.4, -0.2) is 38.0 Å². The lowest BCUT2D eigenvalue weighted by atomic mass is 10.1. The Labute approximate surface area is 115 Å². The van der Waals surface area contributed by atoms with Gasteiger partial charge in [-0.05, 0) is 31.5 Å². The Bertz CT molecular complexity index is 434. The van der Waals surface area contributed by atoms with Gasteiger partial charge in [-0.2, -0.15) is 0 Å². The fourth-order valence-electron chi connectivity index (χ4n) is 1.86. The van der Waals surface area contributed by atoms with Gasteiger partial charge in [0.05, 0.1) is 26.1 Å². The Hall–Kier alpha value is -1.97. The second kappa shape index (κ2) is 7.46. The predicted molar refractivity (Wildman–Crippen MR) is 78.6 cm³/mol. The van der Waals surface area contributed by atoms with Gasteiger partial charge in [-0.15, -0.1) is 0 Å². The van der Waals surface area contributed by atoms with Crippen molar-refractivity contribution in [2.45, 2.75) is 13.8 Å². The molecule has 104 valence electrons. The maximum absolute atomic E-state index is 8.29. The minimum absolute atomic E-state index is 0.469. The summed E-state index contributed by atoms with van der Waals surface area (Å²) in [6.07, 6.45) is 1.61. The van der Waals surface area contributed by atoms with Crippen LogP contribution in [0.15, 0.2) is 30.5 Å². The largest absolute Gasteiger partial charge is 0.504 e.